The Bertz CT molecular complexity index is 1090. The van der Waals surface area contributed by atoms with Crippen LogP contribution >= 0.6 is 0 Å². The van der Waals surface area contributed by atoms with E-state index in [4.69, 9.17) is 10.5 Å². The van der Waals surface area contributed by atoms with Gasteiger partial charge in [-0.15, -0.1) is 15.3 Å². The van der Waals surface area contributed by atoms with Gasteiger partial charge in [0.1, 0.15) is 5.41 Å². The van der Waals surface area contributed by atoms with Crippen LogP contribution in [-0.2, 0) is 9.59 Å². The highest BCUT2D eigenvalue weighted by Crippen LogP contribution is 2.39. The second-order valence-electron chi connectivity index (χ2n) is 6.66. The van der Waals surface area contributed by atoms with Crippen LogP contribution in [0.25, 0.3) is 22.3 Å². The Hall–Kier alpha value is -3.43. The standard InChI is InChI=1S/C18H15F2N5O3/c19-11-5-3-4-9(13(11)20)12-8-10-14(23-22-12)24-25-15(10)28-17(27)18(16(21)26)6-1-2-7-18/h3-5,8H,1-2,6-7H2,(H2,21,26)(H,23,24,25). The number of H-pyrrole nitrogens is 1. The Morgan fingerprint density at radius 1 is 1.18 bits per heavy atom. The molecule has 1 aliphatic carbocycles. The largest absolute Gasteiger partial charge is 0.404 e. The molecular formula is C18H15F2N5O3. The van der Waals surface area contributed by atoms with Crippen molar-refractivity contribution in [2.24, 2.45) is 11.1 Å². The zero-order chi connectivity index (χ0) is 19.9. The van der Waals surface area contributed by atoms with Crippen LogP contribution in [-0.4, -0.2) is 32.3 Å². The summed E-state index contributed by atoms with van der Waals surface area (Å²) in [6.45, 7) is 0. The highest BCUT2D eigenvalue weighted by molar-refractivity contribution is 6.03. The fourth-order valence-electron chi connectivity index (χ4n) is 3.43. The van der Waals surface area contributed by atoms with E-state index in [-0.39, 0.29) is 28.2 Å². The average Bonchev–Trinajstić information content (AvgIpc) is 3.32. The number of aromatic nitrogens is 4. The number of nitrogens with zero attached hydrogens (tertiary/aromatic N) is 3. The van der Waals surface area contributed by atoms with Crippen LogP contribution in [0.15, 0.2) is 24.3 Å². The van der Waals surface area contributed by atoms with Gasteiger partial charge in [-0.25, -0.2) is 8.78 Å². The highest BCUT2D eigenvalue weighted by atomic mass is 19.2. The number of aromatic amines is 1. The molecule has 1 saturated carbocycles. The molecule has 2 aromatic heterocycles. The average molecular weight is 387 g/mol. The molecular weight excluding hydrogens is 372 g/mol. The van der Waals surface area contributed by atoms with Crippen LogP contribution < -0.4 is 10.5 Å². The Balaban J connectivity index is 1.72. The molecule has 0 atom stereocenters. The Kier molecular flexibility index (Phi) is 4.25. The third-order valence-electron chi connectivity index (χ3n) is 5.02. The fourth-order valence-corrected chi connectivity index (χ4v) is 3.43. The van der Waals surface area contributed by atoms with E-state index in [0.29, 0.717) is 25.7 Å². The third kappa shape index (κ3) is 2.77. The number of nitrogens with one attached hydrogen (secondary N) is 1. The van der Waals surface area contributed by atoms with E-state index < -0.39 is 28.9 Å². The number of halogens is 2. The molecule has 1 amide bonds. The molecule has 1 aliphatic rings. The molecule has 144 valence electrons. The maximum absolute atomic E-state index is 14.1. The van der Waals surface area contributed by atoms with E-state index in [0.717, 1.165) is 6.07 Å². The first kappa shape index (κ1) is 18.0. The molecule has 0 aliphatic heterocycles. The molecule has 0 spiro atoms. The molecule has 10 heteroatoms. The number of fused-ring (bicyclic) bond motifs is 1. The van der Waals surface area contributed by atoms with E-state index >= 15 is 0 Å². The van der Waals surface area contributed by atoms with Gasteiger partial charge in [-0.05, 0) is 31.0 Å². The number of nitrogens with two attached hydrogens (primary N) is 1. The molecule has 1 fully saturated rings. The minimum atomic E-state index is -1.39. The summed E-state index contributed by atoms with van der Waals surface area (Å²) < 4.78 is 32.9. The summed E-state index contributed by atoms with van der Waals surface area (Å²) in [6, 6.07) is 5.05. The molecule has 2 heterocycles. The van der Waals surface area contributed by atoms with Crippen molar-refractivity contribution in [3.05, 3.63) is 35.9 Å². The number of benzene rings is 1. The van der Waals surface area contributed by atoms with E-state index in [1.54, 1.807) is 0 Å². The smallest absolute Gasteiger partial charge is 0.328 e. The molecule has 0 bridgehead atoms. The number of amides is 1. The normalized spacial score (nSPS) is 15.6. The van der Waals surface area contributed by atoms with Gasteiger partial charge in [0, 0.05) is 5.56 Å². The van der Waals surface area contributed by atoms with Crippen LogP contribution in [0.1, 0.15) is 25.7 Å². The van der Waals surface area contributed by atoms with E-state index in [1.807, 2.05) is 0 Å². The number of primary amides is 1. The lowest BCUT2D eigenvalue weighted by molar-refractivity contribution is -0.152. The van der Waals surface area contributed by atoms with Gasteiger partial charge in [0.15, 0.2) is 17.3 Å². The van der Waals surface area contributed by atoms with Crippen molar-refractivity contribution in [3.63, 3.8) is 0 Å². The lowest BCUT2D eigenvalue weighted by Gasteiger charge is -2.21. The van der Waals surface area contributed by atoms with Gasteiger partial charge < -0.3 is 10.5 Å². The maximum atomic E-state index is 14.1. The minimum Gasteiger partial charge on any atom is -0.404 e. The maximum Gasteiger partial charge on any atom is 0.328 e. The van der Waals surface area contributed by atoms with Crippen molar-refractivity contribution in [2.45, 2.75) is 25.7 Å². The highest BCUT2D eigenvalue weighted by Gasteiger charge is 2.48. The van der Waals surface area contributed by atoms with E-state index in [1.165, 1.54) is 18.2 Å². The Labute approximate surface area is 157 Å². The van der Waals surface area contributed by atoms with Crippen molar-refractivity contribution < 1.29 is 23.1 Å². The minimum absolute atomic E-state index is 0.0358. The molecule has 4 rings (SSSR count). The number of ether oxygens (including phenoxy) is 1. The predicted octanol–water partition coefficient (Wildman–Crippen LogP) is 2.25. The number of carbonyl (C=O) groups excluding carboxylic acids is 2. The Morgan fingerprint density at radius 2 is 1.93 bits per heavy atom. The summed E-state index contributed by atoms with van der Waals surface area (Å²) >= 11 is 0. The quantitative estimate of drug-likeness (QED) is 0.523. The summed E-state index contributed by atoms with van der Waals surface area (Å²) in [5.41, 5.74) is 4.17. The van der Waals surface area contributed by atoms with E-state index in [2.05, 4.69) is 20.4 Å². The first-order valence-corrected chi connectivity index (χ1v) is 8.61. The summed E-state index contributed by atoms with van der Waals surface area (Å²) in [5, 5.41) is 14.4. The van der Waals surface area contributed by atoms with Gasteiger partial charge in [0.25, 0.3) is 5.88 Å². The summed E-state index contributed by atoms with van der Waals surface area (Å²) in [5.74, 6) is -3.77. The SMILES string of the molecule is NC(=O)C1(C(=O)Oc2n[nH]c3nnc(-c4cccc(F)c4F)cc23)CCCC1. The van der Waals surface area contributed by atoms with Crippen molar-refractivity contribution in [3.8, 4) is 17.1 Å². The van der Waals surface area contributed by atoms with Gasteiger partial charge in [0.2, 0.25) is 5.91 Å². The fraction of sp³-hybridized carbons (Fsp3) is 0.278. The van der Waals surface area contributed by atoms with Crippen LogP contribution in [0, 0.1) is 17.0 Å². The van der Waals surface area contributed by atoms with Crippen LogP contribution in [0.3, 0.4) is 0 Å². The van der Waals surface area contributed by atoms with Crippen molar-refractivity contribution >= 4 is 22.9 Å². The second kappa shape index (κ2) is 6.63. The molecule has 0 unspecified atom stereocenters. The summed E-state index contributed by atoms with van der Waals surface area (Å²) in [7, 11) is 0. The lowest BCUT2D eigenvalue weighted by Crippen LogP contribution is -2.44. The van der Waals surface area contributed by atoms with Crippen LogP contribution in [0.5, 0.6) is 5.88 Å². The number of hydrogen-bond donors (Lipinski definition) is 2. The summed E-state index contributed by atoms with van der Waals surface area (Å²) in [6.07, 6.45) is 1.99. The second-order valence-corrected chi connectivity index (χ2v) is 6.66. The molecule has 3 aromatic rings. The predicted molar refractivity (Wildman–Crippen MR) is 92.8 cm³/mol. The number of esters is 1. The van der Waals surface area contributed by atoms with Gasteiger partial charge in [-0.2, -0.15) is 0 Å². The Morgan fingerprint density at radius 3 is 2.64 bits per heavy atom. The monoisotopic (exact) mass is 387 g/mol. The van der Waals surface area contributed by atoms with Gasteiger partial charge in [-0.1, -0.05) is 18.9 Å². The number of carbonyl (C=O) groups is 2. The molecule has 28 heavy (non-hydrogen) atoms. The van der Waals surface area contributed by atoms with E-state index in [9.17, 15) is 18.4 Å². The van der Waals surface area contributed by atoms with Crippen LogP contribution in [0.4, 0.5) is 8.78 Å². The van der Waals surface area contributed by atoms with Crippen molar-refractivity contribution in [1.82, 2.24) is 20.4 Å². The van der Waals surface area contributed by atoms with Crippen molar-refractivity contribution in [1.29, 1.82) is 0 Å². The first-order valence-electron chi connectivity index (χ1n) is 8.61. The topological polar surface area (TPSA) is 124 Å². The molecule has 0 saturated heterocycles. The summed E-state index contributed by atoms with van der Waals surface area (Å²) in [4.78, 5) is 24.5. The zero-order valence-corrected chi connectivity index (χ0v) is 14.5. The van der Waals surface area contributed by atoms with Crippen LogP contribution in [0.2, 0.25) is 0 Å². The molecule has 8 nitrogen and oxygen atoms in total. The molecule has 1 aromatic carbocycles. The lowest BCUT2D eigenvalue weighted by atomic mass is 9.85. The van der Waals surface area contributed by atoms with Gasteiger partial charge >= 0.3 is 5.97 Å². The first-order chi connectivity index (χ1) is 13.4. The molecule has 0 radical (unpaired) electrons. The third-order valence-corrected chi connectivity index (χ3v) is 5.02. The molecule has 3 N–H and O–H groups in total. The zero-order valence-electron chi connectivity index (χ0n) is 14.5. The van der Waals surface area contributed by atoms with Gasteiger partial charge in [-0.3, -0.25) is 14.7 Å². The number of rotatable bonds is 4. The number of hydrogen-bond acceptors (Lipinski definition) is 6. The van der Waals surface area contributed by atoms with Gasteiger partial charge in [0.05, 0.1) is 11.1 Å². The van der Waals surface area contributed by atoms with Crippen molar-refractivity contribution in [2.75, 3.05) is 0 Å².